The lowest BCUT2D eigenvalue weighted by atomic mass is 9.98. The van der Waals surface area contributed by atoms with Gasteiger partial charge in [-0.25, -0.2) is 4.79 Å². The van der Waals surface area contributed by atoms with Crippen LogP contribution in [0.3, 0.4) is 0 Å². The highest BCUT2D eigenvalue weighted by atomic mass is 16.5. The summed E-state index contributed by atoms with van der Waals surface area (Å²) < 4.78 is 5.47. The predicted octanol–water partition coefficient (Wildman–Crippen LogP) is 3.84. The Labute approximate surface area is 137 Å². The van der Waals surface area contributed by atoms with Crippen LogP contribution in [-0.2, 0) is 0 Å². The molecule has 1 aromatic heterocycles. The minimum Gasteiger partial charge on any atom is -0.423 e. The lowest BCUT2D eigenvalue weighted by Gasteiger charge is -2.10. The van der Waals surface area contributed by atoms with Gasteiger partial charge in [-0.3, -0.25) is 5.10 Å². The lowest BCUT2D eigenvalue weighted by Crippen LogP contribution is -2.10. The number of carbonyl (C=O) groups excluding carboxylic acids is 1. The number of fused-ring (bicyclic) bond motifs is 1. The number of aromatic amines is 1. The number of aromatic nitrogens is 3. The fourth-order valence-corrected chi connectivity index (χ4v) is 2.63. The van der Waals surface area contributed by atoms with Crippen molar-refractivity contribution in [2.75, 3.05) is 0 Å². The van der Waals surface area contributed by atoms with E-state index in [1.54, 1.807) is 18.2 Å². The molecule has 5 heteroatoms. The maximum atomic E-state index is 12.6. The van der Waals surface area contributed by atoms with Crippen molar-refractivity contribution < 1.29 is 9.53 Å². The SMILES string of the molecule is O=C(Oc1ccccc1)c1ccccc1-c1cccc2[nH]nnc12. The molecule has 0 aliphatic carbocycles. The molecule has 0 bridgehead atoms. The van der Waals surface area contributed by atoms with Gasteiger partial charge < -0.3 is 4.74 Å². The number of H-pyrrole nitrogens is 1. The lowest BCUT2D eigenvalue weighted by molar-refractivity contribution is 0.0735. The Morgan fingerprint density at radius 3 is 2.46 bits per heavy atom. The molecule has 0 aliphatic heterocycles. The molecule has 1 heterocycles. The summed E-state index contributed by atoms with van der Waals surface area (Å²) in [5, 5.41) is 10.8. The van der Waals surface area contributed by atoms with Crippen molar-refractivity contribution in [3.8, 4) is 16.9 Å². The van der Waals surface area contributed by atoms with Crippen molar-refractivity contribution in [3.63, 3.8) is 0 Å². The first-order chi connectivity index (χ1) is 11.8. The molecule has 1 N–H and O–H groups in total. The molecule has 3 aromatic carbocycles. The van der Waals surface area contributed by atoms with E-state index in [-0.39, 0.29) is 0 Å². The van der Waals surface area contributed by atoms with E-state index >= 15 is 0 Å². The first-order valence-electron chi connectivity index (χ1n) is 7.49. The number of para-hydroxylation sites is 1. The van der Waals surface area contributed by atoms with E-state index in [1.807, 2.05) is 54.6 Å². The molecule has 4 rings (SSSR count). The van der Waals surface area contributed by atoms with Crippen LogP contribution in [-0.4, -0.2) is 21.4 Å². The molecular formula is C19H13N3O2. The molecule has 0 radical (unpaired) electrons. The summed E-state index contributed by atoms with van der Waals surface area (Å²) in [6, 6.07) is 22.1. The van der Waals surface area contributed by atoms with E-state index in [1.165, 1.54) is 0 Å². The quantitative estimate of drug-likeness (QED) is 0.460. The minimum absolute atomic E-state index is 0.405. The monoisotopic (exact) mass is 315 g/mol. The number of rotatable bonds is 3. The second kappa shape index (κ2) is 5.96. The zero-order valence-electron chi connectivity index (χ0n) is 12.6. The molecular weight excluding hydrogens is 302 g/mol. The van der Waals surface area contributed by atoms with E-state index in [9.17, 15) is 4.79 Å². The van der Waals surface area contributed by atoms with Crippen molar-refractivity contribution in [1.29, 1.82) is 0 Å². The zero-order chi connectivity index (χ0) is 16.4. The second-order valence-corrected chi connectivity index (χ2v) is 5.26. The standard InChI is InChI=1S/C19H13N3O2/c23-19(24-13-7-2-1-3-8-13)16-10-5-4-9-14(16)15-11-6-12-17-18(15)21-22-20-17/h1-12H,(H,20,21,22). The Kier molecular flexibility index (Phi) is 3.51. The largest absolute Gasteiger partial charge is 0.423 e. The number of nitrogens with one attached hydrogen (secondary N) is 1. The van der Waals surface area contributed by atoms with E-state index in [0.29, 0.717) is 11.3 Å². The number of carbonyl (C=O) groups is 1. The van der Waals surface area contributed by atoms with Crippen molar-refractivity contribution >= 4 is 17.0 Å². The van der Waals surface area contributed by atoms with E-state index < -0.39 is 5.97 Å². The topological polar surface area (TPSA) is 67.9 Å². The highest BCUT2D eigenvalue weighted by Crippen LogP contribution is 2.29. The summed E-state index contributed by atoms with van der Waals surface area (Å²) in [6.45, 7) is 0. The van der Waals surface area contributed by atoms with Gasteiger partial charge in [0.2, 0.25) is 0 Å². The van der Waals surface area contributed by atoms with Crippen LogP contribution in [0.5, 0.6) is 5.75 Å². The van der Waals surface area contributed by atoms with Gasteiger partial charge in [0.1, 0.15) is 11.3 Å². The molecule has 5 nitrogen and oxygen atoms in total. The number of ether oxygens (including phenoxy) is 1. The maximum absolute atomic E-state index is 12.6. The average molecular weight is 315 g/mol. The summed E-state index contributed by atoms with van der Waals surface area (Å²) in [5.41, 5.74) is 3.62. The Hall–Kier alpha value is -3.47. The van der Waals surface area contributed by atoms with Crippen LogP contribution in [0.2, 0.25) is 0 Å². The molecule has 24 heavy (non-hydrogen) atoms. The van der Waals surface area contributed by atoms with Crippen LogP contribution < -0.4 is 4.74 Å². The van der Waals surface area contributed by atoms with Gasteiger partial charge in [-0.1, -0.05) is 53.7 Å². The molecule has 0 amide bonds. The van der Waals surface area contributed by atoms with Crippen molar-refractivity contribution in [1.82, 2.24) is 15.4 Å². The van der Waals surface area contributed by atoms with Gasteiger partial charge in [0.25, 0.3) is 0 Å². The number of esters is 1. The van der Waals surface area contributed by atoms with Crippen LogP contribution >= 0.6 is 0 Å². The Balaban J connectivity index is 1.78. The maximum Gasteiger partial charge on any atom is 0.344 e. The molecule has 0 aliphatic rings. The summed E-state index contributed by atoms with van der Waals surface area (Å²) in [4.78, 5) is 12.6. The summed E-state index contributed by atoms with van der Waals surface area (Å²) in [7, 11) is 0. The minimum atomic E-state index is -0.405. The van der Waals surface area contributed by atoms with Crippen molar-refractivity contribution in [2.24, 2.45) is 0 Å². The van der Waals surface area contributed by atoms with E-state index in [4.69, 9.17) is 4.74 Å². The highest BCUT2D eigenvalue weighted by molar-refractivity contribution is 6.02. The zero-order valence-corrected chi connectivity index (χ0v) is 12.6. The third kappa shape index (κ3) is 2.52. The Bertz CT molecular complexity index is 1010. The fourth-order valence-electron chi connectivity index (χ4n) is 2.63. The first-order valence-corrected chi connectivity index (χ1v) is 7.49. The van der Waals surface area contributed by atoms with Gasteiger partial charge in [-0.2, -0.15) is 0 Å². The van der Waals surface area contributed by atoms with Crippen LogP contribution in [0.15, 0.2) is 72.8 Å². The second-order valence-electron chi connectivity index (χ2n) is 5.26. The van der Waals surface area contributed by atoms with Gasteiger partial charge >= 0.3 is 5.97 Å². The van der Waals surface area contributed by atoms with Crippen LogP contribution in [0.4, 0.5) is 0 Å². The fraction of sp³-hybridized carbons (Fsp3) is 0. The first kappa shape index (κ1) is 14.1. The molecule has 4 aromatic rings. The van der Waals surface area contributed by atoms with Crippen LogP contribution in [0.25, 0.3) is 22.2 Å². The highest BCUT2D eigenvalue weighted by Gasteiger charge is 2.17. The predicted molar refractivity (Wildman–Crippen MR) is 90.7 cm³/mol. The van der Waals surface area contributed by atoms with E-state index in [0.717, 1.165) is 22.2 Å². The van der Waals surface area contributed by atoms with Crippen molar-refractivity contribution in [3.05, 3.63) is 78.4 Å². The summed E-state index contributed by atoms with van der Waals surface area (Å²) in [5.74, 6) is 0.106. The molecule has 0 saturated heterocycles. The third-order valence-electron chi connectivity index (χ3n) is 3.75. The van der Waals surface area contributed by atoms with Gasteiger partial charge in [0.15, 0.2) is 0 Å². The van der Waals surface area contributed by atoms with E-state index in [2.05, 4.69) is 15.4 Å². The third-order valence-corrected chi connectivity index (χ3v) is 3.75. The molecule has 0 unspecified atom stereocenters. The summed E-state index contributed by atoms with van der Waals surface area (Å²) in [6.07, 6.45) is 0. The van der Waals surface area contributed by atoms with Gasteiger partial charge in [0.05, 0.1) is 11.1 Å². The normalized spacial score (nSPS) is 10.7. The van der Waals surface area contributed by atoms with Crippen LogP contribution in [0.1, 0.15) is 10.4 Å². The van der Waals surface area contributed by atoms with Gasteiger partial charge in [0, 0.05) is 5.56 Å². The van der Waals surface area contributed by atoms with Gasteiger partial charge in [-0.05, 0) is 29.8 Å². The molecule has 0 atom stereocenters. The summed E-state index contributed by atoms with van der Waals surface area (Å²) >= 11 is 0. The molecule has 0 fully saturated rings. The van der Waals surface area contributed by atoms with Crippen molar-refractivity contribution in [2.45, 2.75) is 0 Å². The smallest absolute Gasteiger partial charge is 0.344 e. The molecule has 0 saturated carbocycles. The average Bonchev–Trinajstić information content (AvgIpc) is 3.11. The Morgan fingerprint density at radius 2 is 1.58 bits per heavy atom. The number of benzene rings is 3. The number of nitrogens with zero attached hydrogens (tertiary/aromatic N) is 2. The van der Waals surface area contributed by atoms with Gasteiger partial charge in [-0.15, -0.1) is 5.10 Å². The number of hydrogen-bond acceptors (Lipinski definition) is 4. The van der Waals surface area contributed by atoms with Crippen LogP contribution in [0, 0.1) is 0 Å². The molecule has 116 valence electrons. The number of hydrogen-bond donors (Lipinski definition) is 1. The Morgan fingerprint density at radius 1 is 0.833 bits per heavy atom. The molecule has 0 spiro atoms.